The number of nitro benzene ring substituents is 1. The molecule has 0 unspecified atom stereocenters. The summed E-state index contributed by atoms with van der Waals surface area (Å²) in [5.41, 5.74) is 1.86. The van der Waals surface area contributed by atoms with Gasteiger partial charge in [0.05, 0.1) is 19.1 Å². The Hall–Kier alpha value is -4.33. The van der Waals surface area contributed by atoms with Crippen LogP contribution < -0.4 is 9.47 Å². The molecule has 0 aliphatic rings. The number of para-hydroxylation sites is 1. The first-order chi connectivity index (χ1) is 15.4. The predicted octanol–water partition coefficient (Wildman–Crippen LogP) is 4.98. The number of aromatic carboxylic acids is 1. The van der Waals surface area contributed by atoms with E-state index in [0.29, 0.717) is 28.0 Å². The van der Waals surface area contributed by atoms with Crippen LogP contribution >= 0.6 is 0 Å². The number of benzene rings is 3. The summed E-state index contributed by atoms with van der Waals surface area (Å²) in [6, 6.07) is 18.8. The van der Waals surface area contributed by atoms with Gasteiger partial charge in [-0.15, -0.1) is 0 Å². The highest BCUT2D eigenvalue weighted by Crippen LogP contribution is 2.40. The van der Waals surface area contributed by atoms with Gasteiger partial charge in [-0.1, -0.05) is 36.4 Å². The Morgan fingerprint density at radius 3 is 2.31 bits per heavy atom. The van der Waals surface area contributed by atoms with Gasteiger partial charge in [-0.3, -0.25) is 10.1 Å². The molecule has 0 radical (unpaired) electrons. The lowest BCUT2D eigenvalue weighted by atomic mass is 10.0. The van der Waals surface area contributed by atoms with Crippen LogP contribution in [0.15, 0.2) is 66.7 Å². The Kier molecular flexibility index (Phi) is 5.51. The standard InChI is InChI=1S/C24H20N2O6/c1-31-17-11-9-16(10-12-17)21-19-7-4-8-20(26(29)30)22(19)25(23(21)24(27)28)14-15-5-3-6-18(13-15)32-2/h3-13H,14H2,1-2H3,(H,27,28). The van der Waals surface area contributed by atoms with Crippen molar-refractivity contribution in [1.29, 1.82) is 0 Å². The van der Waals surface area contributed by atoms with E-state index in [4.69, 9.17) is 9.47 Å². The number of nitro groups is 1. The minimum absolute atomic E-state index is 0.0257. The van der Waals surface area contributed by atoms with Crippen molar-refractivity contribution in [3.05, 3.63) is 88.1 Å². The number of carbonyl (C=O) groups is 1. The van der Waals surface area contributed by atoms with E-state index in [0.717, 1.165) is 5.56 Å². The lowest BCUT2D eigenvalue weighted by Crippen LogP contribution is -2.11. The summed E-state index contributed by atoms with van der Waals surface area (Å²) in [7, 11) is 3.08. The Morgan fingerprint density at radius 2 is 1.69 bits per heavy atom. The first-order valence-electron chi connectivity index (χ1n) is 9.74. The second-order valence-corrected chi connectivity index (χ2v) is 7.13. The fourth-order valence-electron chi connectivity index (χ4n) is 3.92. The largest absolute Gasteiger partial charge is 0.497 e. The maximum Gasteiger partial charge on any atom is 0.353 e. The Bertz CT molecular complexity index is 1320. The number of fused-ring (bicyclic) bond motifs is 1. The minimum Gasteiger partial charge on any atom is -0.497 e. The summed E-state index contributed by atoms with van der Waals surface area (Å²) < 4.78 is 12.0. The second-order valence-electron chi connectivity index (χ2n) is 7.13. The molecule has 4 rings (SSSR count). The average molecular weight is 432 g/mol. The van der Waals surface area contributed by atoms with E-state index in [-0.39, 0.29) is 23.4 Å². The first kappa shape index (κ1) is 20.9. The SMILES string of the molecule is COc1ccc(-c2c(C(=O)O)n(Cc3cccc(OC)c3)c3c([N+](=O)[O-])cccc23)cc1. The van der Waals surface area contributed by atoms with Gasteiger partial charge in [-0.25, -0.2) is 4.79 Å². The summed E-state index contributed by atoms with van der Waals surface area (Å²) in [4.78, 5) is 23.8. The molecular weight excluding hydrogens is 412 g/mol. The number of aromatic nitrogens is 1. The molecule has 1 aromatic heterocycles. The van der Waals surface area contributed by atoms with Crippen LogP contribution in [0.2, 0.25) is 0 Å². The molecular formula is C24H20N2O6. The van der Waals surface area contributed by atoms with Gasteiger partial charge in [-0.2, -0.15) is 0 Å². The maximum atomic E-state index is 12.5. The summed E-state index contributed by atoms with van der Waals surface area (Å²) >= 11 is 0. The molecule has 0 atom stereocenters. The lowest BCUT2D eigenvalue weighted by Gasteiger charge is -2.11. The zero-order valence-corrected chi connectivity index (χ0v) is 17.4. The molecule has 0 fully saturated rings. The predicted molar refractivity (Wildman–Crippen MR) is 120 cm³/mol. The van der Waals surface area contributed by atoms with Crippen molar-refractivity contribution >= 4 is 22.6 Å². The van der Waals surface area contributed by atoms with Crippen molar-refractivity contribution in [3.8, 4) is 22.6 Å². The number of hydrogen-bond donors (Lipinski definition) is 1. The summed E-state index contributed by atoms with van der Waals surface area (Å²) in [5, 5.41) is 22.5. The van der Waals surface area contributed by atoms with E-state index in [1.807, 2.05) is 6.07 Å². The number of methoxy groups -OCH3 is 2. The van der Waals surface area contributed by atoms with Crippen LogP contribution in [-0.2, 0) is 6.54 Å². The Labute approximate surface area is 183 Å². The number of nitrogens with zero attached hydrogens (tertiary/aromatic N) is 2. The maximum absolute atomic E-state index is 12.5. The quantitative estimate of drug-likeness (QED) is 0.326. The van der Waals surface area contributed by atoms with E-state index in [1.165, 1.54) is 10.6 Å². The summed E-state index contributed by atoms with van der Waals surface area (Å²) in [6.07, 6.45) is 0. The number of non-ortho nitro benzene ring substituents is 1. The average Bonchev–Trinajstić information content (AvgIpc) is 3.13. The molecule has 0 bridgehead atoms. The molecule has 3 aromatic carbocycles. The molecule has 1 N–H and O–H groups in total. The van der Waals surface area contributed by atoms with Crippen LogP contribution in [0.3, 0.4) is 0 Å². The molecule has 0 amide bonds. The van der Waals surface area contributed by atoms with Crippen LogP contribution in [0.1, 0.15) is 16.1 Å². The molecule has 0 spiro atoms. The lowest BCUT2D eigenvalue weighted by molar-refractivity contribution is -0.383. The molecule has 0 saturated carbocycles. The third kappa shape index (κ3) is 3.62. The zero-order valence-electron chi connectivity index (χ0n) is 17.4. The van der Waals surface area contributed by atoms with Gasteiger partial charge in [0.25, 0.3) is 5.69 Å². The van der Waals surface area contributed by atoms with E-state index in [1.54, 1.807) is 68.8 Å². The smallest absolute Gasteiger partial charge is 0.353 e. The second kappa shape index (κ2) is 8.43. The molecule has 162 valence electrons. The minimum atomic E-state index is -1.18. The van der Waals surface area contributed by atoms with Gasteiger partial charge in [0, 0.05) is 23.6 Å². The molecule has 0 aliphatic heterocycles. The monoisotopic (exact) mass is 432 g/mol. The van der Waals surface area contributed by atoms with Crippen molar-refractivity contribution in [1.82, 2.24) is 4.57 Å². The molecule has 1 heterocycles. The molecule has 8 heteroatoms. The van der Waals surface area contributed by atoms with E-state index in [2.05, 4.69) is 0 Å². The van der Waals surface area contributed by atoms with E-state index in [9.17, 15) is 20.0 Å². The summed E-state index contributed by atoms with van der Waals surface area (Å²) in [6.45, 7) is 0.121. The number of carboxylic acid groups (broad SMARTS) is 1. The van der Waals surface area contributed by atoms with Crippen molar-refractivity contribution in [2.24, 2.45) is 0 Å². The number of hydrogen-bond acceptors (Lipinski definition) is 5. The molecule has 4 aromatic rings. The fourth-order valence-corrected chi connectivity index (χ4v) is 3.92. The van der Waals surface area contributed by atoms with Crippen LogP contribution in [0.25, 0.3) is 22.0 Å². The highest BCUT2D eigenvalue weighted by atomic mass is 16.6. The third-order valence-corrected chi connectivity index (χ3v) is 5.31. The van der Waals surface area contributed by atoms with Gasteiger partial charge in [0.15, 0.2) is 0 Å². The van der Waals surface area contributed by atoms with Crippen molar-refractivity contribution < 1.29 is 24.3 Å². The zero-order chi connectivity index (χ0) is 22.8. The van der Waals surface area contributed by atoms with Crippen LogP contribution in [-0.4, -0.2) is 34.8 Å². The molecule has 32 heavy (non-hydrogen) atoms. The van der Waals surface area contributed by atoms with Crippen LogP contribution in [0.5, 0.6) is 11.5 Å². The first-order valence-corrected chi connectivity index (χ1v) is 9.74. The van der Waals surface area contributed by atoms with Crippen LogP contribution in [0, 0.1) is 10.1 Å². The molecule has 8 nitrogen and oxygen atoms in total. The van der Waals surface area contributed by atoms with Gasteiger partial charge >= 0.3 is 5.97 Å². The molecule has 0 aliphatic carbocycles. The van der Waals surface area contributed by atoms with Crippen molar-refractivity contribution in [2.45, 2.75) is 6.54 Å². The highest BCUT2D eigenvalue weighted by molar-refractivity contribution is 6.10. The topological polar surface area (TPSA) is 104 Å². The number of ether oxygens (including phenoxy) is 2. The highest BCUT2D eigenvalue weighted by Gasteiger charge is 2.28. The Morgan fingerprint density at radius 1 is 1.00 bits per heavy atom. The van der Waals surface area contributed by atoms with Crippen LogP contribution in [0.4, 0.5) is 5.69 Å². The fraction of sp³-hybridized carbons (Fsp3) is 0.125. The van der Waals surface area contributed by atoms with Crippen molar-refractivity contribution in [2.75, 3.05) is 14.2 Å². The van der Waals surface area contributed by atoms with Gasteiger partial charge in [0.2, 0.25) is 0 Å². The summed E-state index contributed by atoms with van der Waals surface area (Å²) in [5.74, 6) is 0.0571. The van der Waals surface area contributed by atoms with Crippen molar-refractivity contribution in [3.63, 3.8) is 0 Å². The molecule has 0 saturated heterocycles. The Balaban J connectivity index is 2.05. The van der Waals surface area contributed by atoms with Gasteiger partial charge in [0.1, 0.15) is 22.7 Å². The normalized spacial score (nSPS) is 10.8. The van der Waals surface area contributed by atoms with E-state index < -0.39 is 10.9 Å². The number of rotatable bonds is 7. The van der Waals surface area contributed by atoms with Gasteiger partial charge < -0.3 is 19.1 Å². The third-order valence-electron chi connectivity index (χ3n) is 5.31. The number of carboxylic acids is 1. The van der Waals surface area contributed by atoms with E-state index >= 15 is 0 Å². The van der Waals surface area contributed by atoms with Gasteiger partial charge in [-0.05, 0) is 35.4 Å².